The van der Waals surface area contributed by atoms with E-state index in [1.54, 1.807) is 16.7 Å². The van der Waals surface area contributed by atoms with Crippen molar-refractivity contribution in [3.63, 3.8) is 0 Å². The maximum Gasteiger partial charge on any atom is 0.327 e. The largest absolute Gasteiger partial charge is 0.480 e. The van der Waals surface area contributed by atoms with Gasteiger partial charge in [0.25, 0.3) is 0 Å². The SMILES string of the molecule is CCC1CN(C)CCCN1C(=O)N1CCSCC1C(=O)O. The highest BCUT2D eigenvalue weighted by Crippen LogP contribution is 2.21. The summed E-state index contributed by atoms with van der Waals surface area (Å²) >= 11 is 1.61. The average Bonchev–Trinajstić information content (AvgIpc) is 2.67. The molecule has 0 aromatic heterocycles. The summed E-state index contributed by atoms with van der Waals surface area (Å²) in [5, 5.41) is 9.34. The fraction of sp³-hybridized carbons (Fsp3) is 0.857. The van der Waals surface area contributed by atoms with Crippen LogP contribution < -0.4 is 0 Å². The molecule has 2 fully saturated rings. The number of carboxylic acid groups (broad SMARTS) is 1. The van der Waals surface area contributed by atoms with Gasteiger partial charge in [-0.05, 0) is 26.4 Å². The zero-order chi connectivity index (χ0) is 15.4. The predicted molar refractivity (Wildman–Crippen MR) is 83.7 cm³/mol. The quantitative estimate of drug-likeness (QED) is 0.824. The van der Waals surface area contributed by atoms with Crippen molar-refractivity contribution in [2.75, 3.05) is 44.7 Å². The van der Waals surface area contributed by atoms with Gasteiger partial charge in [0.1, 0.15) is 6.04 Å². The molecule has 0 aliphatic carbocycles. The second kappa shape index (κ2) is 7.35. The van der Waals surface area contributed by atoms with Crippen molar-refractivity contribution >= 4 is 23.8 Å². The van der Waals surface area contributed by atoms with Crippen LogP contribution in [0, 0.1) is 0 Å². The van der Waals surface area contributed by atoms with Crippen LogP contribution in [0.1, 0.15) is 19.8 Å². The Morgan fingerprint density at radius 3 is 2.67 bits per heavy atom. The molecule has 120 valence electrons. The van der Waals surface area contributed by atoms with Crippen LogP contribution in [0.4, 0.5) is 4.79 Å². The second-order valence-electron chi connectivity index (χ2n) is 5.78. The lowest BCUT2D eigenvalue weighted by Gasteiger charge is -2.39. The lowest BCUT2D eigenvalue weighted by atomic mass is 10.2. The number of amides is 2. The molecule has 0 radical (unpaired) electrons. The molecule has 2 heterocycles. The van der Waals surface area contributed by atoms with E-state index in [9.17, 15) is 14.7 Å². The first-order valence-electron chi connectivity index (χ1n) is 7.61. The Morgan fingerprint density at radius 2 is 2.00 bits per heavy atom. The van der Waals surface area contributed by atoms with Gasteiger partial charge in [-0.25, -0.2) is 9.59 Å². The molecule has 0 bridgehead atoms. The molecule has 21 heavy (non-hydrogen) atoms. The summed E-state index contributed by atoms with van der Waals surface area (Å²) in [5.74, 6) is 0.418. The number of hydrogen-bond donors (Lipinski definition) is 1. The summed E-state index contributed by atoms with van der Waals surface area (Å²) in [6.07, 6.45) is 1.84. The Bertz CT molecular complexity index is 394. The number of carboxylic acids is 1. The lowest BCUT2D eigenvalue weighted by molar-refractivity contribution is -0.141. The van der Waals surface area contributed by atoms with E-state index in [2.05, 4.69) is 18.9 Å². The van der Waals surface area contributed by atoms with Crippen LogP contribution in [-0.4, -0.2) is 88.6 Å². The monoisotopic (exact) mass is 315 g/mol. The molecule has 2 amide bonds. The molecule has 0 aromatic rings. The summed E-state index contributed by atoms with van der Waals surface area (Å²) < 4.78 is 0. The Balaban J connectivity index is 2.13. The third-order valence-electron chi connectivity index (χ3n) is 4.28. The normalized spacial score (nSPS) is 28.3. The third kappa shape index (κ3) is 3.83. The Kier molecular flexibility index (Phi) is 5.75. The minimum Gasteiger partial charge on any atom is -0.480 e. The summed E-state index contributed by atoms with van der Waals surface area (Å²) in [5.41, 5.74) is 0. The Hall–Kier alpha value is -0.950. The van der Waals surface area contributed by atoms with Gasteiger partial charge in [-0.15, -0.1) is 0 Å². The van der Waals surface area contributed by atoms with Crippen molar-refractivity contribution in [1.29, 1.82) is 0 Å². The smallest absolute Gasteiger partial charge is 0.327 e. The highest BCUT2D eigenvalue weighted by Gasteiger charge is 2.37. The minimum atomic E-state index is -0.893. The first kappa shape index (κ1) is 16.4. The van der Waals surface area contributed by atoms with E-state index >= 15 is 0 Å². The van der Waals surface area contributed by atoms with E-state index < -0.39 is 12.0 Å². The van der Waals surface area contributed by atoms with Crippen molar-refractivity contribution in [3.05, 3.63) is 0 Å². The van der Waals surface area contributed by atoms with Crippen LogP contribution in [0.25, 0.3) is 0 Å². The molecule has 0 spiro atoms. The maximum atomic E-state index is 12.9. The van der Waals surface area contributed by atoms with Gasteiger partial charge < -0.3 is 19.8 Å². The molecule has 2 rings (SSSR count). The number of aliphatic carboxylic acids is 1. The van der Waals surface area contributed by atoms with E-state index in [4.69, 9.17) is 0 Å². The Labute approximate surface area is 130 Å². The van der Waals surface area contributed by atoms with Crippen molar-refractivity contribution in [3.8, 4) is 0 Å². The fourth-order valence-electron chi connectivity index (χ4n) is 3.05. The molecule has 2 atom stereocenters. The number of carbonyl (C=O) groups excluding carboxylic acids is 1. The van der Waals surface area contributed by atoms with Gasteiger partial charge in [0, 0.05) is 37.2 Å². The van der Waals surface area contributed by atoms with Gasteiger partial charge in [0.05, 0.1) is 0 Å². The van der Waals surface area contributed by atoms with Crippen LogP contribution >= 0.6 is 11.8 Å². The number of hydrogen-bond acceptors (Lipinski definition) is 4. The van der Waals surface area contributed by atoms with E-state index in [0.717, 1.165) is 38.2 Å². The molecule has 1 N–H and O–H groups in total. The highest BCUT2D eigenvalue weighted by molar-refractivity contribution is 7.99. The number of nitrogens with zero attached hydrogens (tertiary/aromatic N) is 3. The van der Waals surface area contributed by atoms with E-state index in [0.29, 0.717) is 12.3 Å². The summed E-state index contributed by atoms with van der Waals surface area (Å²) in [6, 6.07) is -0.603. The summed E-state index contributed by atoms with van der Waals surface area (Å²) in [4.78, 5) is 30.0. The van der Waals surface area contributed by atoms with Gasteiger partial charge in [0.2, 0.25) is 0 Å². The molecule has 2 aliphatic heterocycles. The van der Waals surface area contributed by atoms with Crippen molar-refractivity contribution in [2.45, 2.75) is 31.8 Å². The number of thioether (sulfide) groups is 1. The predicted octanol–water partition coefficient (Wildman–Crippen LogP) is 1.02. The standard InChI is InChI=1S/C14H25N3O3S/c1-3-11-9-15(2)5-4-6-16(11)14(20)17-7-8-21-10-12(17)13(18)19/h11-12H,3-10H2,1-2H3,(H,18,19). The number of rotatable bonds is 2. The zero-order valence-electron chi connectivity index (χ0n) is 12.8. The first-order chi connectivity index (χ1) is 10.0. The van der Waals surface area contributed by atoms with Crippen LogP contribution in [0.2, 0.25) is 0 Å². The van der Waals surface area contributed by atoms with E-state index in [1.807, 2.05) is 4.90 Å². The van der Waals surface area contributed by atoms with Crippen LogP contribution in [0.5, 0.6) is 0 Å². The topological polar surface area (TPSA) is 64.1 Å². The number of likely N-dealkylation sites (N-methyl/N-ethyl adjacent to an activating group) is 1. The molecule has 2 saturated heterocycles. The van der Waals surface area contributed by atoms with Gasteiger partial charge in [-0.1, -0.05) is 6.92 Å². The molecule has 0 aromatic carbocycles. The second-order valence-corrected chi connectivity index (χ2v) is 6.93. The van der Waals surface area contributed by atoms with Gasteiger partial charge >= 0.3 is 12.0 Å². The average molecular weight is 315 g/mol. The van der Waals surface area contributed by atoms with Crippen LogP contribution in [-0.2, 0) is 4.79 Å². The zero-order valence-corrected chi connectivity index (χ0v) is 13.6. The highest BCUT2D eigenvalue weighted by atomic mass is 32.2. The van der Waals surface area contributed by atoms with E-state index in [1.165, 1.54) is 0 Å². The molecule has 6 nitrogen and oxygen atoms in total. The number of urea groups is 1. The van der Waals surface area contributed by atoms with Crippen molar-refractivity contribution in [1.82, 2.24) is 14.7 Å². The van der Waals surface area contributed by atoms with Gasteiger partial charge in [-0.2, -0.15) is 11.8 Å². The molecular weight excluding hydrogens is 290 g/mol. The minimum absolute atomic E-state index is 0.0927. The molecular formula is C14H25N3O3S. The number of carbonyl (C=O) groups is 2. The molecule has 7 heteroatoms. The molecule has 0 saturated carbocycles. The summed E-state index contributed by atoms with van der Waals surface area (Å²) in [7, 11) is 2.08. The van der Waals surface area contributed by atoms with Crippen LogP contribution in [0.15, 0.2) is 0 Å². The van der Waals surface area contributed by atoms with E-state index in [-0.39, 0.29) is 12.1 Å². The summed E-state index contributed by atoms with van der Waals surface area (Å²) in [6.45, 7) is 5.19. The first-order valence-corrected chi connectivity index (χ1v) is 8.76. The maximum absolute atomic E-state index is 12.9. The van der Waals surface area contributed by atoms with Crippen molar-refractivity contribution < 1.29 is 14.7 Å². The van der Waals surface area contributed by atoms with Gasteiger partial charge in [-0.3, -0.25) is 0 Å². The molecule has 2 unspecified atom stereocenters. The lowest BCUT2D eigenvalue weighted by Crippen LogP contribution is -2.57. The third-order valence-corrected chi connectivity index (χ3v) is 5.30. The van der Waals surface area contributed by atoms with Crippen LogP contribution in [0.3, 0.4) is 0 Å². The van der Waals surface area contributed by atoms with Gasteiger partial charge in [0.15, 0.2) is 0 Å². The fourth-order valence-corrected chi connectivity index (χ4v) is 4.08. The Morgan fingerprint density at radius 1 is 1.24 bits per heavy atom. The van der Waals surface area contributed by atoms with Crippen molar-refractivity contribution in [2.24, 2.45) is 0 Å². The molecule has 2 aliphatic rings.